The minimum absolute atomic E-state index is 0.107. The summed E-state index contributed by atoms with van der Waals surface area (Å²) in [6, 6.07) is 13.4. The van der Waals surface area contributed by atoms with Gasteiger partial charge in [-0.05, 0) is 61.2 Å². The zero-order chi connectivity index (χ0) is 19.6. The molecule has 0 saturated heterocycles. The number of halogens is 1. The van der Waals surface area contributed by atoms with Crippen molar-refractivity contribution in [2.75, 3.05) is 19.8 Å². The van der Waals surface area contributed by atoms with E-state index in [9.17, 15) is 4.79 Å². The van der Waals surface area contributed by atoms with Crippen molar-refractivity contribution in [3.05, 3.63) is 58.1 Å². The van der Waals surface area contributed by atoms with Gasteiger partial charge in [-0.15, -0.1) is 0 Å². The van der Waals surface area contributed by atoms with Crippen molar-refractivity contribution in [1.82, 2.24) is 5.32 Å². The lowest BCUT2D eigenvalue weighted by Crippen LogP contribution is -2.24. The van der Waals surface area contributed by atoms with Crippen LogP contribution in [0.4, 0.5) is 0 Å². The van der Waals surface area contributed by atoms with Gasteiger partial charge in [-0.3, -0.25) is 4.79 Å². The first kappa shape index (κ1) is 20.6. The van der Waals surface area contributed by atoms with Crippen LogP contribution in [-0.4, -0.2) is 25.7 Å². The number of nitrogens with one attached hydrogen (secondary N) is 1. The molecule has 0 fully saturated rings. The number of rotatable bonds is 9. The van der Waals surface area contributed by atoms with E-state index in [0.29, 0.717) is 26.2 Å². The van der Waals surface area contributed by atoms with E-state index in [2.05, 4.69) is 5.32 Å². The van der Waals surface area contributed by atoms with Crippen LogP contribution >= 0.6 is 11.6 Å². The molecule has 0 aliphatic rings. The van der Waals surface area contributed by atoms with Gasteiger partial charge in [-0.25, -0.2) is 0 Å². The maximum Gasteiger partial charge on any atom is 0.234 e. The van der Waals surface area contributed by atoms with Gasteiger partial charge in [0.25, 0.3) is 0 Å². The molecule has 2 rings (SSSR count). The molecular formula is C21H23ClN2O3. The summed E-state index contributed by atoms with van der Waals surface area (Å²) < 4.78 is 11.4. The molecule has 5 nitrogen and oxygen atoms in total. The van der Waals surface area contributed by atoms with E-state index in [0.717, 1.165) is 33.2 Å². The van der Waals surface area contributed by atoms with Gasteiger partial charge in [0.05, 0.1) is 6.07 Å². The van der Waals surface area contributed by atoms with Crippen LogP contribution < -0.4 is 14.8 Å². The normalized spacial score (nSPS) is 10.1. The summed E-state index contributed by atoms with van der Waals surface area (Å²) in [5.74, 6) is 1.30. The molecule has 0 heterocycles. The van der Waals surface area contributed by atoms with Crippen LogP contribution in [0.15, 0.2) is 36.4 Å². The molecule has 0 atom stereocenters. The number of benzene rings is 2. The number of carbonyl (C=O) groups excluding carboxylic acids is 1. The predicted molar refractivity (Wildman–Crippen MR) is 105 cm³/mol. The third-order valence-corrected chi connectivity index (χ3v) is 4.53. The average molecular weight is 387 g/mol. The van der Waals surface area contributed by atoms with Crippen molar-refractivity contribution in [3.8, 4) is 17.6 Å². The molecule has 1 N–H and O–H groups in total. The van der Waals surface area contributed by atoms with E-state index in [4.69, 9.17) is 26.3 Å². The minimum Gasteiger partial charge on any atom is -0.490 e. The monoisotopic (exact) mass is 386 g/mol. The number of nitriles is 1. The van der Waals surface area contributed by atoms with Gasteiger partial charge in [0.1, 0.15) is 31.1 Å². The Bertz CT molecular complexity index is 790. The fourth-order valence-corrected chi connectivity index (χ4v) is 2.65. The number of ether oxygens (including phenoxy) is 2. The second kappa shape index (κ2) is 10.4. The van der Waals surface area contributed by atoms with Gasteiger partial charge in [0.2, 0.25) is 5.91 Å². The highest BCUT2D eigenvalue weighted by molar-refractivity contribution is 6.32. The SMILES string of the molecule is Cc1cc(OCCOc2ccc(CCNC(=O)CC#N)cc2)cc(C)c1Cl. The van der Waals surface area contributed by atoms with E-state index >= 15 is 0 Å². The Labute approximate surface area is 164 Å². The molecule has 0 radical (unpaired) electrons. The van der Waals surface area contributed by atoms with E-state index < -0.39 is 0 Å². The molecule has 0 saturated carbocycles. The van der Waals surface area contributed by atoms with Gasteiger partial charge in [-0.2, -0.15) is 5.26 Å². The van der Waals surface area contributed by atoms with Crippen LogP contribution in [0.3, 0.4) is 0 Å². The fraction of sp³-hybridized carbons (Fsp3) is 0.333. The van der Waals surface area contributed by atoms with Crippen molar-refractivity contribution in [2.24, 2.45) is 0 Å². The molecule has 0 aliphatic heterocycles. The van der Waals surface area contributed by atoms with Crippen molar-refractivity contribution >= 4 is 17.5 Å². The first-order chi connectivity index (χ1) is 13.0. The third-order valence-electron chi connectivity index (χ3n) is 3.93. The van der Waals surface area contributed by atoms with E-state index in [1.54, 1.807) is 0 Å². The number of hydrogen-bond donors (Lipinski definition) is 1. The summed E-state index contributed by atoms with van der Waals surface area (Å²) in [4.78, 5) is 11.2. The average Bonchev–Trinajstić information content (AvgIpc) is 2.64. The molecule has 2 aromatic rings. The van der Waals surface area contributed by atoms with Crippen molar-refractivity contribution < 1.29 is 14.3 Å². The highest BCUT2D eigenvalue weighted by atomic mass is 35.5. The summed E-state index contributed by atoms with van der Waals surface area (Å²) in [6.07, 6.45) is 0.597. The molecule has 0 spiro atoms. The Morgan fingerprint density at radius 1 is 1.07 bits per heavy atom. The van der Waals surface area contributed by atoms with E-state index in [-0.39, 0.29) is 12.3 Å². The minimum atomic E-state index is -0.247. The smallest absolute Gasteiger partial charge is 0.234 e. The third kappa shape index (κ3) is 6.84. The Balaban J connectivity index is 1.71. The lowest BCUT2D eigenvalue weighted by Gasteiger charge is -2.11. The van der Waals surface area contributed by atoms with Crippen LogP contribution in [-0.2, 0) is 11.2 Å². The highest BCUT2D eigenvalue weighted by Crippen LogP contribution is 2.25. The van der Waals surface area contributed by atoms with Gasteiger partial charge < -0.3 is 14.8 Å². The second-order valence-corrected chi connectivity index (χ2v) is 6.52. The standard InChI is InChI=1S/C21H23ClN2O3/c1-15-13-19(14-16(2)21(15)22)27-12-11-26-18-5-3-17(4-6-18)8-10-24-20(25)7-9-23/h3-6,13-14H,7-8,10-12H2,1-2H3,(H,24,25). The molecule has 2 aromatic carbocycles. The summed E-state index contributed by atoms with van der Waals surface area (Å²) in [6.45, 7) is 5.29. The number of nitrogens with zero attached hydrogens (tertiary/aromatic N) is 1. The maximum absolute atomic E-state index is 11.2. The Kier molecular flexibility index (Phi) is 7.97. The number of hydrogen-bond acceptors (Lipinski definition) is 4. The zero-order valence-electron chi connectivity index (χ0n) is 15.5. The largest absolute Gasteiger partial charge is 0.490 e. The quantitative estimate of drug-likeness (QED) is 0.661. The number of carbonyl (C=O) groups is 1. The Morgan fingerprint density at radius 3 is 2.26 bits per heavy atom. The van der Waals surface area contributed by atoms with Crippen LogP contribution in [0.1, 0.15) is 23.1 Å². The van der Waals surface area contributed by atoms with Gasteiger partial charge >= 0.3 is 0 Å². The molecule has 1 amide bonds. The fourth-order valence-electron chi connectivity index (χ4n) is 2.54. The molecule has 0 aromatic heterocycles. The van der Waals surface area contributed by atoms with Crippen LogP contribution in [0.2, 0.25) is 5.02 Å². The first-order valence-electron chi connectivity index (χ1n) is 8.74. The molecule has 27 heavy (non-hydrogen) atoms. The van der Waals surface area contributed by atoms with Crippen LogP contribution in [0.25, 0.3) is 0 Å². The van der Waals surface area contributed by atoms with Crippen LogP contribution in [0.5, 0.6) is 11.5 Å². The maximum atomic E-state index is 11.2. The second-order valence-electron chi connectivity index (χ2n) is 6.15. The van der Waals surface area contributed by atoms with Crippen LogP contribution in [0, 0.1) is 25.2 Å². The lowest BCUT2D eigenvalue weighted by molar-refractivity contribution is -0.120. The molecule has 142 valence electrons. The predicted octanol–water partition coefficient (Wildman–Crippen LogP) is 3.99. The van der Waals surface area contributed by atoms with Crippen molar-refractivity contribution in [1.29, 1.82) is 5.26 Å². The summed E-state index contributed by atoms with van der Waals surface area (Å²) in [5.41, 5.74) is 3.07. The number of aryl methyl sites for hydroxylation is 2. The molecule has 0 unspecified atom stereocenters. The number of amides is 1. The summed E-state index contributed by atoms with van der Waals surface area (Å²) >= 11 is 6.15. The molecule has 0 bridgehead atoms. The first-order valence-corrected chi connectivity index (χ1v) is 9.12. The molecule has 6 heteroatoms. The van der Waals surface area contributed by atoms with E-state index in [1.165, 1.54) is 0 Å². The lowest BCUT2D eigenvalue weighted by atomic mass is 10.1. The summed E-state index contributed by atoms with van der Waals surface area (Å²) in [7, 11) is 0. The van der Waals surface area contributed by atoms with Crippen molar-refractivity contribution in [2.45, 2.75) is 26.7 Å². The zero-order valence-corrected chi connectivity index (χ0v) is 16.3. The van der Waals surface area contributed by atoms with E-state index in [1.807, 2.05) is 56.3 Å². The van der Waals surface area contributed by atoms with Gasteiger partial charge in [-0.1, -0.05) is 23.7 Å². The summed E-state index contributed by atoms with van der Waals surface area (Å²) in [5, 5.41) is 11.9. The Hall–Kier alpha value is -2.71. The van der Waals surface area contributed by atoms with Gasteiger partial charge in [0.15, 0.2) is 0 Å². The topological polar surface area (TPSA) is 71.3 Å². The molecule has 0 aliphatic carbocycles. The molecular weight excluding hydrogens is 364 g/mol. The van der Waals surface area contributed by atoms with Crippen molar-refractivity contribution in [3.63, 3.8) is 0 Å². The highest BCUT2D eigenvalue weighted by Gasteiger charge is 2.04. The van der Waals surface area contributed by atoms with Gasteiger partial charge in [0, 0.05) is 11.6 Å². The Morgan fingerprint density at radius 2 is 1.67 bits per heavy atom.